The first-order chi connectivity index (χ1) is 15.0. The molecule has 5 nitrogen and oxygen atoms in total. The standard InChI is InChI=1S/C25H22N2O3S/c1-16-13-17(2)22-21(14-16)26-25(31-22)27(15-18-7-5-4-6-8-18)23(28)19-9-11-20(12-10-19)24(29)30-3/h4-14H,15H2,1-3H3. The number of hydrogen-bond acceptors (Lipinski definition) is 5. The van der Waals surface area contributed by atoms with Gasteiger partial charge in [0.25, 0.3) is 5.91 Å². The van der Waals surface area contributed by atoms with Gasteiger partial charge in [-0.3, -0.25) is 9.69 Å². The second kappa shape index (κ2) is 8.70. The molecule has 6 heteroatoms. The summed E-state index contributed by atoms with van der Waals surface area (Å²) >= 11 is 1.51. The normalized spacial score (nSPS) is 10.8. The molecule has 0 radical (unpaired) electrons. The number of aromatic nitrogens is 1. The van der Waals surface area contributed by atoms with Crippen molar-refractivity contribution >= 4 is 38.6 Å². The van der Waals surface area contributed by atoms with Crippen LogP contribution in [-0.2, 0) is 11.3 Å². The first-order valence-corrected chi connectivity index (χ1v) is 10.7. The van der Waals surface area contributed by atoms with Crippen molar-refractivity contribution in [2.45, 2.75) is 20.4 Å². The molecule has 0 bridgehead atoms. The maximum absolute atomic E-state index is 13.5. The predicted molar refractivity (Wildman–Crippen MR) is 124 cm³/mol. The second-order valence-corrected chi connectivity index (χ2v) is 8.35. The van der Waals surface area contributed by atoms with Gasteiger partial charge in [-0.25, -0.2) is 9.78 Å². The summed E-state index contributed by atoms with van der Waals surface area (Å²) in [6.07, 6.45) is 0. The summed E-state index contributed by atoms with van der Waals surface area (Å²) < 4.78 is 5.82. The number of ether oxygens (including phenoxy) is 1. The van der Waals surface area contributed by atoms with Gasteiger partial charge in [0.1, 0.15) is 0 Å². The Labute approximate surface area is 184 Å². The number of methoxy groups -OCH3 is 1. The number of fused-ring (bicyclic) bond motifs is 1. The number of thiazole rings is 1. The Bertz CT molecular complexity index is 1250. The Hall–Kier alpha value is -3.51. The van der Waals surface area contributed by atoms with Gasteiger partial charge in [0.2, 0.25) is 0 Å². The molecule has 0 spiro atoms. The van der Waals surface area contributed by atoms with Crippen LogP contribution in [0, 0.1) is 13.8 Å². The molecular formula is C25H22N2O3S. The van der Waals surface area contributed by atoms with E-state index in [1.165, 1.54) is 18.4 Å². The number of benzene rings is 3. The zero-order valence-electron chi connectivity index (χ0n) is 17.6. The van der Waals surface area contributed by atoms with Crippen LogP contribution in [0.1, 0.15) is 37.4 Å². The van der Waals surface area contributed by atoms with Crippen molar-refractivity contribution in [3.63, 3.8) is 0 Å². The molecule has 0 unspecified atom stereocenters. The first-order valence-electron chi connectivity index (χ1n) is 9.88. The van der Waals surface area contributed by atoms with Crippen LogP contribution in [0.4, 0.5) is 5.13 Å². The molecule has 0 aliphatic heterocycles. The quantitative estimate of drug-likeness (QED) is 0.390. The topological polar surface area (TPSA) is 59.5 Å². The molecule has 0 atom stereocenters. The van der Waals surface area contributed by atoms with Crippen LogP contribution in [-0.4, -0.2) is 24.0 Å². The first kappa shape index (κ1) is 20.8. The molecule has 156 valence electrons. The minimum absolute atomic E-state index is 0.172. The third-order valence-electron chi connectivity index (χ3n) is 5.02. The molecule has 4 aromatic rings. The van der Waals surface area contributed by atoms with E-state index >= 15 is 0 Å². The summed E-state index contributed by atoms with van der Waals surface area (Å²) in [4.78, 5) is 31.7. The van der Waals surface area contributed by atoms with Crippen LogP contribution in [0.25, 0.3) is 10.2 Å². The third-order valence-corrected chi connectivity index (χ3v) is 6.25. The number of esters is 1. The van der Waals surface area contributed by atoms with Crippen LogP contribution in [0.3, 0.4) is 0 Å². The van der Waals surface area contributed by atoms with Gasteiger partial charge in [-0.1, -0.05) is 47.7 Å². The van der Waals surface area contributed by atoms with Crippen molar-refractivity contribution in [1.29, 1.82) is 0 Å². The maximum atomic E-state index is 13.5. The highest BCUT2D eigenvalue weighted by Crippen LogP contribution is 2.33. The number of nitrogens with zero attached hydrogens (tertiary/aromatic N) is 2. The van der Waals surface area contributed by atoms with E-state index in [4.69, 9.17) is 9.72 Å². The SMILES string of the molecule is COC(=O)c1ccc(C(=O)N(Cc2ccccc2)c2nc3cc(C)cc(C)c3s2)cc1. The van der Waals surface area contributed by atoms with Crippen molar-refractivity contribution in [2.75, 3.05) is 12.0 Å². The summed E-state index contributed by atoms with van der Waals surface area (Å²) in [6.45, 7) is 4.50. The van der Waals surface area contributed by atoms with Gasteiger partial charge in [0, 0.05) is 5.56 Å². The largest absolute Gasteiger partial charge is 0.465 e. The fraction of sp³-hybridized carbons (Fsp3) is 0.160. The number of rotatable bonds is 5. The van der Waals surface area contributed by atoms with Crippen LogP contribution in [0.15, 0.2) is 66.7 Å². The van der Waals surface area contributed by atoms with Crippen molar-refractivity contribution < 1.29 is 14.3 Å². The van der Waals surface area contributed by atoms with E-state index in [9.17, 15) is 9.59 Å². The van der Waals surface area contributed by atoms with E-state index < -0.39 is 5.97 Å². The molecular weight excluding hydrogens is 408 g/mol. The Morgan fingerprint density at radius 2 is 1.65 bits per heavy atom. The van der Waals surface area contributed by atoms with E-state index in [0.29, 0.717) is 22.8 Å². The Morgan fingerprint density at radius 1 is 0.968 bits per heavy atom. The predicted octanol–water partition coefficient (Wildman–Crippen LogP) is 5.55. The Kier molecular flexibility index (Phi) is 5.82. The average molecular weight is 431 g/mol. The highest BCUT2D eigenvalue weighted by Gasteiger charge is 2.22. The zero-order valence-corrected chi connectivity index (χ0v) is 18.4. The summed E-state index contributed by atoms with van der Waals surface area (Å²) in [5.41, 5.74) is 5.07. The summed E-state index contributed by atoms with van der Waals surface area (Å²) in [5.74, 6) is -0.606. The van der Waals surface area contributed by atoms with Gasteiger partial charge in [-0.2, -0.15) is 0 Å². The molecule has 0 aliphatic carbocycles. The maximum Gasteiger partial charge on any atom is 0.337 e. The summed E-state index contributed by atoms with van der Waals surface area (Å²) in [5, 5.41) is 0.648. The monoisotopic (exact) mass is 430 g/mol. The molecule has 31 heavy (non-hydrogen) atoms. The lowest BCUT2D eigenvalue weighted by Gasteiger charge is -2.20. The molecule has 1 aromatic heterocycles. The molecule has 0 saturated carbocycles. The molecule has 3 aromatic carbocycles. The highest BCUT2D eigenvalue weighted by atomic mass is 32.1. The van der Waals surface area contributed by atoms with Crippen LogP contribution in [0.5, 0.6) is 0 Å². The highest BCUT2D eigenvalue weighted by molar-refractivity contribution is 7.22. The van der Waals surface area contributed by atoms with Crippen molar-refractivity contribution in [3.05, 3.63) is 94.5 Å². The fourth-order valence-corrected chi connectivity index (χ4v) is 4.51. The van der Waals surface area contributed by atoms with Gasteiger partial charge in [0.15, 0.2) is 5.13 Å². The van der Waals surface area contributed by atoms with E-state index in [0.717, 1.165) is 26.9 Å². The van der Waals surface area contributed by atoms with Gasteiger partial charge in [0.05, 0.1) is 29.4 Å². The number of anilines is 1. The van der Waals surface area contributed by atoms with E-state index in [-0.39, 0.29) is 5.91 Å². The molecule has 1 amide bonds. The molecule has 4 rings (SSSR count). The van der Waals surface area contributed by atoms with Crippen molar-refractivity contribution in [1.82, 2.24) is 4.98 Å². The average Bonchev–Trinajstić information content (AvgIpc) is 3.21. The zero-order chi connectivity index (χ0) is 22.0. The number of hydrogen-bond donors (Lipinski definition) is 0. The fourth-order valence-electron chi connectivity index (χ4n) is 3.50. The van der Waals surface area contributed by atoms with E-state index in [1.807, 2.05) is 43.3 Å². The number of amides is 1. The molecule has 0 aliphatic rings. The van der Waals surface area contributed by atoms with Gasteiger partial charge in [-0.15, -0.1) is 0 Å². The van der Waals surface area contributed by atoms with Crippen molar-refractivity contribution in [3.8, 4) is 0 Å². The summed E-state index contributed by atoms with van der Waals surface area (Å²) in [7, 11) is 1.33. The Balaban J connectivity index is 1.75. The minimum Gasteiger partial charge on any atom is -0.465 e. The number of aryl methyl sites for hydroxylation is 2. The molecule has 0 N–H and O–H groups in total. The lowest BCUT2D eigenvalue weighted by atomic mass is 10.1. The third kappa shape index (κ3) is 4.34. The second-order valence-electron chi connectivity index (χ2n) is 7.37. The Morgan fingerprint density at radius 3 is 2.32 bits per heavy atom. The van der Waals surface area contributed by atoms with Gasteiger partial charge >= 0.3 is 5.97 Å². The number of carbonyl (C=O) groups is 2. The minimum atomic E-state index is -0.433. The molecule has 0 fully saturated rings. The molecule has 0 saturated heterocycles. The van der Waals surface area contributed by atoms with E-state index in [2.05, 4.69) is 13.0 Å². The summed E-state index contributed by atoms with van der Waals surface area (Å²) in [6, 6.07) is 20.5. The molecule has 1 heterocycles. The van der Waals surface area contributed by atoms with Gasteiger partial charge in [-0.05, 0) is 60.9 Å². The number of carbonyl (C=O) groups excluding carboxylic acids is 2. The van der Waals surface area contributed by atoms with Crippen LogP contribution < -0.4 is 4.90 Å². The van der Waals surface area contributed by atoms with Crippen LogP contribution in [0.2, 0.25) is 0 Å². The van der Waals surface area contributed by atoms with Gasteiger partial charge < -0.3 is 4.74 Å². The lowest BCUT2D eigenvalue weighted by molar-refractivity contribution is 0.0600. The van der Waals surface area contributed by atoms with E-state index in [1.54, 1.807) is 29.2 Å². The van der Waals surface area contributed by atoms with Crippen molar-refractivity contribution in [2.24, 2.45) is 0 Å². The lowest BCUT2D eigenvalue weighted by Crippen LogP contribution is -2.30. The van der Waals surface area contributed by atoms with Crippen LogP contribution >= 0.6 is 11.3 Å². The smallest absolute Gasteiger partial charge is 0.337 e.